The van der Waals surface area contributed by atoms with Crippen molar-refractivity contribution in [3.8, 4) is 0 Å². The van der Waals surface area contributed by atoms with Crippen LogP contribution >= 0.6 is 11.8 Å². The predicted octanol–water partition coefficient (Wildman–Crippen LogP) is 2.85. The number of carbonyl (C=O) groups is 1. The van der Waals surface area contributed by atoms with E-state index in [1.54, 1.807) is 18.7 Å². The summed E-state index contributed by atoms with van der Waals surface area (Å²) in [5.41, 5.74) is 2.13. The van der Waals surface area contributed by atoms with Crippen LogP contribution in [-0.4, -0.2) is 27.7 Å². The Bertz CT molecular complexity index is 831. The maximum Gasteiger partial charge on any atom is 0.254 e. The lowest BCUT2D eigenvalue weighted by Gasteiger charge is -2.34. The number of thioether (sulfide) groups is 1. The van der Waals surface area contributed by atoms with Crippen molar-refractivity contribution in [1.29, 1.82) is 0 Å². The Morgan fingerprint density at radius 3 is 2.88 bits per heavy atom. The molecule has 5 nitrogen and oxygen atoms in total. The molecule has 1 atom stereocenters. The van der Waals surface area contributed by atoms with Gasteiger partial charge >= 0.3 is 0 Å². The summed E-state index contributed by atoms with van der Waals surface area (Å²) >= 11 is 1.78. The van der Waals surface area contributed by atoms with Gasteiger partial charge < -0.3 is 9.88 Å². The minimum absolute atomic E-state index is 0.0506. The van der Waals surface area contributed by atoms with E-state index in [-0.39, 0.29) is 17.5 Å². The zero-order valence-corrected chi connectivity index (χ0v) is 14.9. The summed E-state index contributed by atoms with van der Waals surface area (Å²) in [6.45, 7) is 5.64. The van der Waals surface area contributed by atoms with Gasteiger partial charge in [-0.05, 0) is 39.3 Å². The Balaban J connectivity index is 1.80. The number of hydrogen-bond acceptors (Lipinski definition) is 4. The number of hydrogen-bond donors (Lipinski definition) is 1. The van der Waals surface area contributed by atoms with Gasteiger partial charge in [0.05, 0.1) is 5.69 Å². The van der Waals surface area contributed by atoms with Crippen molar-refractivity contribution < 1.29 is 4.79 Å². The topological polar surface area (TPSA) is 66.1 Å². The minimum atomic E-state index is -0.143. The normalized spacial score (nSPS) is 16.8. The van der Waals surface area contributed by atoms with Gasteiger partial charge in [0.1, 0.15) is 5.82 Å². The largest absolute Gasteiger partial charge is 0.311 e. The van der Waals surface area contributed by atoms with E-state index >= 15 is 0 Å². The zero-order valence-electron chi connectivity index (χ0n) is 14.1. The van der Waals surface area contributed by atoms with Gasteiger partial charge in [-0.15, -0.1) is 11.8 Å². The molecule has 0 bridgehead atoms. The maximum absolute atomic E-state index is 12.8. The fraction of sp³-hybridized carbons (Fsp3) is 0.389. The molecular weight excluding hydrogens is 322 g/mol. The first-order chi connectivity index (χ1) is 11.5. The molecule has 2 aromatic rings. The van der Waals surface area contributed by atoms with Gasteiger partial charge in [0, 0.05) is 34.4 Å². The number of aromatic amines is 1. The molecule has 0 unspecified atom stereocenters. The Hall–Kier alpha value is -2.08. The molecule has 3 rings (SSSR count). The van der Waals surface area contributed by atoms with Crippen LogP contribution in [0.1, 0.15) is 30.4 Å². The van der Waals surface area contributed by atoms with Gasteiger partial charge in [-0.2, -0.15) is 0 Å². The number of nitrogens with zero attached hydrogens (tertiary/aromatic N) is 2. The molecule has 1 aromatic carbocycles. The molecule has 0 radical (unpaired) electrons. The highest BCUT2D eigenvalue weighted by Gasteiger charge is 2.28. The Morgan fingerprint density at radius 2 is 2.12 bits per heavy atom. The van der Waals surface area contributed by atoms with E-state index in [4.69, 9.17) is 0 Å². The molecule has 1 N–H and O–H groups in total. The molecule has 1 amide bonds. The number of fused-ring (bicyclic) bond motifs is 1. The third-order valence-corrected chi connectivity index (χ3v) is 5.55. The van der Waals surface area contributed by atoms with Crippen LogP contribution in [0.15, 0.2) is 34.0 Å². The second-order valence-corrected chi connectivity index (χ2v) is 7.17. The molecule has 0 aliphatic carbocycles. The Morgan fingerprint density at radius 1 is 1.38 bits per heavy atom. The van der Waals surface area contributed by atoms with Crippen LogP contribution < -0.4 is 10.5 Å². The van der Waals surface area contributed by atoms with E-state index in [2.05, 4.69) is 16.9 Å². The number of rotatable bonds is 3. The molecule has 0 fully saturated rings. The van der Waals surface area contributed by atoms with Crippen molar-refractivity contribution >= 4 is 23.4 Å². The van der Waals surface area contributed by atoms with Crippen LogP contribution in [0.25, 0.3) is 0 Å². The first kappa shape index (κ1) is 16.8. The number of amides is 1. The maximum atomic E-state index is 12.8. The summed E-state index contributed by atoms with van der Waals surface area (Å²) in [7, 11) is 0. The number of para-hydroxylation sites is 1. The average molecular weight is 343 g/mol. The molecule has 24 heavy (non-hydrogen) atoms. The lowest BCUT2D eigenvalue weighted by atomic mass is 10.1. The smallest absolute Gasteiger partial charge is 0.254 e. The van der Waals surface area contributed by atoms with E-state index in [1.807, 2.05) is 36.1 Å². The molecule has 2 heterocycles. The number of nitrogens with one attached hydrogen (secondary N) is 1. The molecule has 1 aliphatic heterocycles. The van der Waals surface area contributed by atoms with Gasteiger partial charge in [0.25, 0.3) is 5.56 Å². The van der Waals surface area contributed by atoms with E-state index in [0.717, 1.165) is 16.3 Å². The van der Waals surface area contributed by atoms with Gasteiger partial charge in [-0.1, -0.05) is 12.1 Å². The quantitative estimate of drug-likeness (QED) is 0.931. The van der Waals surface area contributed by atoms with Crippen molar-refractivity contribution in [3.05, 3.63) is 51.7 Å². The molecule has 6 heteroatoms. The monoisotopic (exact) mass is 343 g/mol. The van der Waals surface area contributed by atoms with Crippen molar-refractivity contribution in [2.45, 2.75) is 44.6 Å². The van der Waals surface area contributed by atoms with Gasteiger partial charge in [-0.3, -0.25) is 9.59 Å². The van der Waals surface area contributed by atoms with Gasteiger partial charge in [0.2, 0.25) is 5.91 Å². The van der Waals surface area contributed by atoms with Crippen LogP contribution in [0.5, 0.6) is 0 Å². The van der Waals surface area contributed by atoms with Crippen molar-refractivity contribution in [1.82, 2.24) is 9.97 Å². The van der Waals surface area contributed by atoms with Gasteiger partial charge in [-0.25, -0.2) is 4.98 Å². The molecular formula is C18H21N3O2S. The summed E-state index contributed by atoms with van der Waals surface area (Å²) in [4.78, 5) is 34.9. The summed E-state index contributed by atoms with van der Waals surface area (Å²) < 4.78 is 0. The molecule has 0 saturated heterocycles. The first-order valence-corrected chi connectivity index (χ1v) is 9.06. The van der Waals surface area contributed by atoms with Crippen LogP contribution in [0.3, 0.4) is 0 Å². The fourth-order valence-corrected chi connectivity index (χ4v) is 4.14. The standard InChI is InChI=1S/C18H21N3O2S/c1-11-10-24-16-7-5-4-6-15(16)21(11)17(22)9-8-14-12(2)19-13(3)20-18(14)23/h4-7,11H,8-10H2,1-3H3,(H,19,20,23)/t11-/m0/s1. The number of aryl methyl sites for hydroxylation is 2. The third kappa shape index (κ3) is 3.24. The molecule has 1 aromatic heterocycles. The van der Waals surface area contributed by atoms with Crippen molar-refractivity contribution in [2.75, 3.05) is 10.7 Å². The van der Waals surface area contributed by atoms with E-state index in [9.17, 15) is 9.59 Å². The van der Waals surface area contributed by atoms with E-state index in [1.165, 1.54) is 0 Å². The van der Waals surface area contributed by atoms with Crippen LogP contribution in [0.4, 0.5) is 5.69 Å². The van der Waals surface area contributed by atoms with Gasteiger partial charge in [0.15, 0.2) is 0 Å². The lowest BCUT2D eigenvalue weighted by molar-refractivity contribution is -0.119. The SMILES string of the molecule is Cc1nc(C)c(CCC(=O)N2c3ccccc3SC[C@@H]2C)c(=O)[nH]1. The summed E-state index contributed by atoms with van der Waals surface area (Å²) in [6.07, 6.45) is 0.712. The van der Waals surface area contributed by atoms with Crippen molar-refractivity contribution in [3.63, 3.8) is 0 Å². The Labute approximate surface area is 145 Å². The number of carbonyl (C=O) groups excluding carboxylic acids is 1. The van der Waals surface area contributed by atoms with E-state index < -0.39 is 0 Å². The van der Waals surface area contributed by atoms with Crippen molar-refractivity contribution in [2.24, 2.45) is 0 Å². The predicted molar refractivity (Wildman–Crippen MR) is 96.8 cm³/mol. The second kappa shape index (κ2) is 6.81. The fourth-order valence-electron chi connectivity index (χ4n) is 3.08. The number of H-pyrrole nitrogens is 1. The Kier molecular flexibility index (Phi) is 4.76. The zero-order chi connectivity index (χ0) is 17.3. The summed E-state index contributed by atoms with van der Waals surface area (Å²) in [5, 5.41) is 0. The highest BCUT2D eigenvalue weighted by atomic mass is 32.2. The van der Waals surface area contributed by atoms with Crippen LogP contribution in [-0.2, 0) is 11.2 Å². The minimum Gasteiger partial charge on any atom is -0.311 e. The lowest BCUT2D eigenvalue weighted by Crippen LogP contribution is -2.42. The highest BCUT2D eigenvalue weighted by Crippen LogP contribution is 2.37. The number of anilines is 1. The van der Waals surface area contributed by atoms with Crippen LogP contribution in [0.2, 0.25) is 0 Å². The van der Waals surface area contributed by atoms with Crippen LogP contribution in [0, 0.1) is 13.8 Å². The summed E-state index contributed by atoms with van der Waals surface area (Å²) in [5.74, 6) is 1.53. The molecule has 0 saturated carbocycles. The molecule has 0 spiro atoms. The summed E-state index contributed by atoms with van der Waals surface area (Å²) in [6, 6.07) is 8.13. The molecule has 126 valence electrons. The third-order valence-electron chi connectivity index (χ3n) is 4.24. The number of aromatic nitrogens is 2. The average Bonchev–Trinajstić information content (AvgIpc) is 2.53. The number of benzene rings is 1. The first-order valence-electron chi connectivity index (χ1n) is 8.07. The van der Waals surface area contributed by atoms with E-state index in [0.29, 0.717) is 29.9 Å². The second-order valence-electron chi connectivity index (χ2n) is 6.11. The highest BCUT2D eigenvalue weighted by molar-refractivity contribution is 7.99. The molecule has 1 aliphatic rings.